The summed E-state index contributed by atoms with van der Waals surface area (Å²) in [6.07, 6.45) is 0. The molecule has 0 aromatic heterocycles. The van der Waals surface area contributed by atoms with Gasteiger partial charge in [-0.1, -0.05) is 19.1 Å². The second-order valence-corrected chi connectivity index (χ2v) is 4.08. The molecule has 0 saturated heterocycles. The smallest absolute Gasteiger partial charge is 0.234 e. The summed E-state index contributed by atoms with van der Waals surface area (Å²) in [5, 5.41) is 5.75. The fourth-order valence-electron chi connectivity index (χ4n) is 1.49. The van der Waals surface area contributed by atoms with E-state index in [2.05, 4.69) is 10.6 Å². The fraction of sp³-hybridized carbons (Fsp3) is 0.462. The first kappa shape index (κ1) is 13.6. The van der Waals surface area contributed by atoms with E-state index in [1.807, 2.05) is 19.9 Å². The van der Waals surface area contributed by atoms with Crippen LogP contribution in [-0.4, -0.2) is 19.0 Å². The number of aryl methyl sites for hydroxylation is 1. The summed E-state index contributed by atoms with van der Waals surface area (Å²) in [7, 11) is 0. The highest BCUT2D eigenvalue weighted by atomic mass is 19.1. The molecule has 1 rings (SSSR count). The molecule has 0 spiro atoms. The van der Waals surface area contributed by atoms with Crippen LogP contribution in [0.5, 0.6) is 0 Å². The van der Waals surface area contributed by atoms with Gasteiger partial charge in [0, 0.05) is 0 Å². The van der Waals surface area contributed by atoms with Gasteiger partial charge in [-0.25, -0.2) is 4.39 Å². The molecule has 0 aliphatic rings. The number of rotatable bonds is 5. The number of carbonyl (C=O) groups excluding carboxylic acids is 1. The van der Waals surface area contributed by atoms with Gasteiger partial charge in [0.2, 0.25) is 5.91 Å². The van der Waals surface area contributed by atoms with Gasteiger partial charge < -0.3 is 10.6 Å². The van der Waals surface area contributed by atoms with E-state index in [0.29, 0.717) is 5.56 Å². The molecule has 1 unspecified atom stereocenters. The Morgan fingerprint density at radius 2 is 2.18 bits per heavy atom. The maximum Gasteiger partial charge on any atom is 0.234 e. The average Bonchev–Trinajstić information content (AvgIpc) is 2.30. The molecular formula is C13H19FN2O. The summed E-state index contributed by atoms with van der Waals surface area (Å²) in [5.41, 5.74) is 1.39. The van der Waals surface area contributed by atoms with Crippen molar-refractivity contribution in [2.45, 2.75) is 26.8 Å². The van der Waals surface area contributed by atoms with E-state index >= 15 is 0 Å². The molecule has 0 bridgehead atoms. The van der Waals surface area contributed by atoms with Crippen LogP contribution in [0.4, 0.5) is 4.39 Å². The number of benzene rings is 1. The van der Waals surface area contributed by atoms with Gasteiger partial charge in [0.1, 0.15) is 5.82 Å². The van der Waals surface area contributed by atoms with E-state index in [0.717, 1.165) is 12.1 Å². The molecule has 1 aromatic rings. The summed E-state index contributed by atoms with van der Waals surface area (Å²) < 4.78 is 13.4. The number of carbonyl (C=O) groups is 1. The van der Waals surface area contributed by atoms with Gasteiger partial charge in [-0.2, -0.15) is 0 Å². The molecule has 4 heteroatoms. The molecule has 0 radical (unpaired) electrons. The Kier molecular flexibility index (Phi) is 5.10. The van der Waals surface area contributed by atoms with Gasteiger partial charge in [-0.05, 0) is 37.6 Å². The minimum Gasteiger partial charge on any atom is -0.348 e. The number of amides is 1. The first-order chi connectivity index (χ1) is 8.04. The normalized spacial score (nSPS) is 12.2. The minimum absolute atomic E-state index is 0.0830. The van der Waals surface area contributed by atoms with Crippen molar-refractivity contribution in [2.75, 3.05) is 13.1 Å². The first-order valence-electron chi connectivity index (χ1n) is 5.80. The summed E-state index contributed by atoms with van der Waals surface area (Å²) in [6, 6.07) is 4.83. The van der Waals surface area contributed by atoms with Crippen molar-refractivity contribution < 1.29 is 9.18 Å². The van der Waals surface area contributed by atoms with E-state index in [9.17, 15) is 9.18 Å². The Bertz CT molecular complexity index is 393. The number of halogens is 1. The summed E-state index contributed by atoms with van der Waals surface area (Å²) in [4.78, 5) is 11.5. The van der Waals surface area contributed by atoms with Crippen LogP contribution in [0.25, 0.3) is 0 Å². The quantitative estimate of drug-likeness (QED) is 0.823. The highest BCUT2D eigenvalue weighted by Crippen LogP contribution is 2.15. The lowest BCUT2D eigenvalue weighted by atomic mass is 10.1. The third-order valence-corrected chi connectivity index (χ3v) is 2.61. The van der Waals surface area contributed by atoms with E-state index in [-0.39, 0.29) is 24.3 Å². The lowest BCUT2D eigenvalue weighted by Gasteiger charge is -2.15. The van der Waals surface area contributed by atoms with E-state index < -0.39 is 0 Å². The van der Waals surface area contributed by atoms with Crippen LogP contribution in [0.1, 0.15) is 31.0 Å². The number of hydrogen-bond donors (Lipinski definition) is 2. The third-order valence-electron chi connectivity index (χ3n) is 2.61. The minimum atomic E-state index is -0.240. The molecule has 0 aliphatic carbocycles. The van der Waals surface area contributed by atoms with Crippen LogP contribution in [0.2, 0.25) is 0 Å². The Hall–Kier alpha value is -1.42. The zero-order valence-corrected chi connectivity index (χ0v) is 10.5. The van der Waals surface area contributed by atoms with Crippen LogP contribution >= 0.6 is 0 Å². The molecule has 17 heavy (non-hydrogen) atoms. The molecule has 3 nitrogen and oxygen atoms in total. The molecule has 1 atom stereocenters. The van der Waals surface area contributed by atoms with Crippen molar-refractivity contribution >= 4 is 5.91 Å². The first-order valence-corrected chi connectivity index (χ1v) is 5.80. The molecule has 1 amide bonds. The molecule has 1 aromatic carbocycles. The predicted molar refractivity (Wildman–Crippen MR) is 66.2 cm³/mol. The number of likely N-dealkylation sites (N-methyl/N-ethyl adjacent to an activating group) is 1. The number of hydrogen-bond acceptors (Lipinski definition) is 2. The van der Waals surface area contributed by atoms with Crippen LogP contribution in [0, 0.1) is 12.7 Å². The maximum absolute atomic E-state index is 13.4. The molecule has 0 fully saturated rings. The van der Waals surface area contributed by atoms with Gasteiger partial charge in [-0.15, -0.1) is 0 Å². The van der Waals surface area contributed by atoms with Crippen LogP contribution in [0.15, 0.2) is 18.2 Å². The van der Waals surface area contributed by atoms with Crippen molar-refractivity contribution in [1.82, 2.24) is 10.6 Å². The fourth-order valence-corrected chi connectivity index (χ4v) is 1.49. The van der Waals surface area contributed by atoms with Crippen molar-refractivity contribution in [3.63, 3.8) is 0 Å². The van der Waals surface area contributed by atoms with Crippen LogP contribution in [0.3, 0.4) is 0 Å². The van der Waals surface area contributed by atoms with Crippen molar-refractivity contribution in [3.8, 4) is 0 Å². The standard InChI is InChI=1S/C13H19FN2O/c1-4-15-8-13(17)16-10(3)11-6-5-9(2)12(14)7-11/h5-7,10,15H,4,8H2,1-3H3,(H,16,17). The third kappa shape index (κ3) is 4.15. The zero-order chi connectivity index (χ0) is 12.8. The summed E-state index contributed by atoms with van der Waals surface area (Å²) in [5.74, 6) is -0.324. The van der Waals surface area contributed by atoms with Gasteiger partial charge in [-0.3, -0.25) is 4.79 Å². The highest BCUT2D eigenvalue weighted by molar-refractivity contribution is 5.78. The highest BCUT2D eigenvalue weighted by Gasteiger charge is 2.10. The van der Waals surface area contributed by atoms with E-state index in [1.54, 1.807) is 13.0 Å². The zero-order valence-electron chi connectivity index (χ0n) is 10.5. The Labute approximate surface area is 101 Å². The van der Waals surface area contributed by atoms with Crippen LogP contribution in [-0.2, 0) is 4.79 Å². The molecule has 0 aliphatic heterocycles. The molecule has 0 heterocycles. The largest absolute Gasteiger partial charge is 0.348 e. The Morgan fingerprint density at radius 3 is 2.76 bits per heavy atom. The number of nitrogens with one attached hydrogen (secondary N) is 2. The van der Waals surface area contributed by atoms with Crippen LogP contribution < -0.4 is 10.6 Å². The topological polar surface area (TPSA) is 41.1 Å². The Morgan fingerprint density at radius 1 is 1.47 bits per heavy atom. The molecule has 2 N–H and O–H groups in total. The van der Waals surface area contributed by atoms with Crippen molar-refractivity contribution in [1.29, 1.82) is 0 Å². The second kappa shape index (κ2) is 6.35. The van der Waals surface area contributed by atoms with Gasteiger partial charge in [0.25, 0.3) is 0 Å². The molecule has 0 saturated carbocycles. The monoisotopic (exact) mass is 238 g/mol. The van der Waals surface area contributed by atoms with E-state index in [1.165, 1.54) is 6.07 Å². The second-order valence-electron chi connectivity index (χ2n) is 4.08. The molecule has 94 valence electrons. The Balaban J connectivity index is 2.60. The summed E-state index contributed by atoms with van der Waals surface area (Å²) in [6.45, 7) is 6.53. The van der Waals surface area contributed by atoms with Gasteiger partial charge in [0.15, 0.2) is 0 Å². The average molecular weight is 238 g/mol. The van der Waals surface area contributed by atoms with Gasteiger partial charge >= 0.3 is 0 Å². The maximum atomic E-state index is 13.4. The molecular weight excluding hydrogens is 219 g/mol. The van der Waals surface area contributed by atoms with E-state index in [4.69, 9.17) is 0 Å². The van der Waals surface area contributed by atoms with Gasteiger partial charge in [0.05, 0.1) is 12.6 Å². The lowest BCUT2D eigenvalue weighted by molar-refractivity contribution is -0.120. The summed E-state index contributed by atoms with van der Waals surface area (Å²) >= 11 is 0. The SMILES string of the molecule is CCNCC(=O)NC(C)c1ccc(C)c(F)c1. The predicted octanol–water partition coefficient (Wildman–Crippen LogP) is 1.92. The van der Waals surface area contributed by atoms with Crippen molar-refractivity contribution in [2.24, 2.45) is 0 Å². The lowest BCUT2D eigenvalue weighted by Crippen LogP contribution is -2.35. The van der Waals surface area contributed by atoms with Crippen molar-refractivity contribution in [3.05, 3.63) is 35.1 Å².